The number of amides is 1. The van der Waals surface area contributed by atoms with Gasteiger partial charge in [-0.05, 0) is 61.8 Å². The number of nitrogens with one attached hydrogen (secondary N) is 2. The Morgan fingerprint density at radius 3 is 2.61 bits per heavy atom. The van der Waals surface area contributed by atoms with Gasteiger partial charge in [0.05, 0.1) is 0 Å². The van der Waals surface area contributed by atoms with Crippen LogP contribution >= 0.6 is 0 Å². The topological polar surface area (TPSA) is 74.2 Å². The van der Waals surface area contributed by atoms with Crippen LogP contribution in [0, 0.1) is 5.82 Å². The molecule has 5 nitrogen and oxygen atoms in total. The second-order valence-corrected chi connectivity index (χ2v) is 7.10. The molecule has 28 heavy (non-hydrogen) atoms. The van der Waals surface area contributed by atoms with E-state index in [-0.39, 0.29) is 11.7 Å². The summed E-state index contributed by atoms with van der Waals surface area (Å²) in [5, 5.41) is 3.60. The molecule has 0 saturated carbocycles. The monoisotopic (exact) mass is 382 g/mol. The summed E-state index contributed by atoms with van der Waals surface area (Å²) in [5.41, 5.74) is 9.28. The predicted octanol–water partition coefficient (Wildman–Crippen LogP) is 3.06. The molecule has 0 radical (unpaired) electrons. The van der Waals surface area contributed by atoms with Crippen molar-refractivity contribution in [1.82, 2.24) is 15.2 Å². The van der Waals surface area contributed by atoms with E-state index < -0.39 is 0 Å². The van der Waals surface area contributed by atoms with Crippen molar-refractivity contribution in [1.29, 1.82) is 0 Å². The number of fused-ring (bicyclic) bond motifs is 1. The zero-order valence-corrected chi connectivity index (χ0v) is 16.2. The first-order chi connectivity index (χ1) is 13.5. The second-order valence-electron chi connectivity index (χ2n) is 7.10. The lowest BCUT2D eigenvalue weighted by Gasteiger charge is -2.16. The van der Waals surface area contributed by atoms with Gasteiger partial charge >= 0.3 is 0 Å². The molecule has 0 bridgehead atoms. The highest BCUT2D eigenvalue weighted by atomic mass is 19.1. The number of aromatic nitrogens is 1. The first-order valence-electron chi connectivity index (χ1n) is 9.58. The van der Waals surface area contributed by atoms with Crippen LogP contribution in [0.4, 0.5) is 4.39 Å². The number of nitrogens with two attached hydrogens (primary N) is 1. The molecular formula is C22H27FN4O. The summed E-state index contributed by atoms with van der Waals surface area (Å²) in [7, 11) is 2.05. The SMILES string of the molecule is CN(CCCc1ccc(CN)cc1)CCNC(=O)c1cc2cc(F)ccc2[nH]1. The highest BCUT2D eigenvalue weighted by molar-refractivity contribution is 5.97. The van der Waals surface area contributed by atoms with Crippen molar-refractivity contribution in [3.63, 3.8) is 0 Å². The maximum absolute atomic E-state index is 13.3. The molecule has 0 unspecified atom stereocenters. The molecule has 0 atom stereocenters. The summed E-state index contributed by atoms with van der Waals surface area (Å²) in [5.74, 6) is -0.486. The Labute approximate surface area is 164 Å². The fourth-order valence-corrected chi connectivity index (χ4v) is 3.19. The minimum absolute atomic E-state index is 0.176. The van der Waals surface area contributed by atoms with E-state index in [9.17, 15) is 9.18 Å². The number of benzene rings is 2. The molecule has 148 valence electrons. The van der Waals surface area contributed by atoms with Crippen molar-refractivity contribution in [2.24, 2.45) is 5.73 Å². The van der Waals surface area contributed by atoms with Crippen molar-refractivity contribution in [2.75, 3.05) is 26.7 Å². The second kappa shape index (κ2) is 9.48. The van der Waals surface area contributed by atoms with Crippen molar-refractivity contribution in [3.8, 4) is 0 Å². The maximum atomic E-state index is 13.3. The van der Waals surface area contributed by atoms with Crippen molar-refractivity contribution in [3.05, 3.63) is 71.2 Å². The van der Waals surface area contributed by atoms with E-state index in [4.69, 9.17) is 5.73 Å². The molecule has 1 amide bonds. The van der Waals surface area contributed by atoms with Crippen LogP contribution in [0.5, 0.6) is 0 Å². The zero-order chi connectivity index (χ0) is 19.9. The lowest BCUT2D eigenvalue weighted by molar-refractivity contribution is 0.0945. The number of carbonyl (C=O) groups excluding carboxylic acids is 1. The number of rotatable bonds is 9. The molecule has 0 spiro atoms. The number of halogens is 1. The molecule has 4 N–H and O–H groups in total. The van der Waals surface area contributed by atoms with Gasteiger partial charge in [-0.2, -0.15) is 0 Å². The van der Waals surface area contributed by atoms with Gasteiger partial charge in [0, 0.05) is 30.5 Å². The normalized spacial score (nSPS) is 11.3. The largest absolute Gasteiger partial charge is 0.351 e. The van der Waals surface area contributed by atoms with Gasteiger partial charge in [-0.15, -0.1) is 0 Å². The number of carbonyl (C=O) groups is 1. The molecule has 6 heteroatoms. The molecule has 1 heterocycles. The third-order valence-corrected chi connectivity index (χ3v) is 4.87. The molecule has 0 aliphatic heterocycles. The number of aryl methyl sites for hydroxylation is 1. The fraction of sp³-hybridized carbons (Fsp3) is 0.318. The van der Waals surface area contributed by atoms with Gasteiger partial charge in [-0.25, -0.2) is 4.39 Å². The van der Waals surface area contributed by atoms with Gasteiger partial charge in [0.15, 0.2) is 0 Å². The third kappa shape index (κ3) is 5.41. The number of hydrogen-bond donors (Lipinski definition) is 3. The van der Waals surface area contributed by atoms with Gasteiger partial charge in [0.1, 0.15) is 11.5 Å². The minimum Gasteiger partial charge on any atom is -0.351 e. The number of H-pyrrole nitrogens is 1. The van der Waals surface area contributed by atoms with Crippen molar-refractivity contribution < 1.29 is 9.18 Å². The van der Waals surface area contributed by atoms with Crippen LogP contribution in [0.1, 0.15) is 28.0 Å². The van der Waals surface area contributed by atoms with Gasteiger partial charge in [-0.3, -0.25) is 4.79 Å². The van der Waals surface area contributed by atoms with E-state index in [0.29, 0.717) is 24.2 Å². The van der Waals surface area contributed by atoms with Crippen molar-refractivity contribution in [2.45, 2.75) is 19.4 Å². The van der Waals surface area contributed by atoms with Gasteiger partial charge < -0.3 is 20.9 Å². The standard InChI is InChI=1S/C22H27FN4O/c1-27(11-2-3-16-4-6-17(15-24)7-5-16)12-10-25-22(28)21-14-18-13-19(23)8-9-20(18)26-21/h4-9,13-14,26H,2-3,10-12,15,24H2,1H3,(H,25,28). The van der Waals surface area contributed by atoms with E-state index >= 15 is 0 Å². The molecule has 2 aromatic carbocycles. The average Bonchev–Trinajstić information content (AvgIpc) is 3.11. The molecule has 0 fully saturated rings. The summed E-state index contributed by atoms with van der Waals surface area (Å²) in [6.07, 6.45) is 2.08. The van der Waals surface area contributed by atoms with Crippen LogP contribution in [-0.4, -0.2) is 42.5 Å². The fourth-order valence-electron chi connectivity index (χ4n) is 3.19. The lowest BCUT2D eigenvalue weighted by Crippen LogP contribution is -2.33. The summed E-state index contributed by atoms with van der Waals surface area (Å²) >= 11 is 0. The van der Waals surface area contributed by atoms with Gasteiger partial charge in [0.2, 0.25) is 0 Å². The van der Waals surface area contributed by atoms with E-state index in [1.807, 2.05) is 0 Å². The third-order valence-electron chi connectivity index (χ3n) is 4.87. The summed E-state index contributed by atoms with van der Waals surface area (Å²) in [6.45, 7) is 2.86. The summed E-state index contributed by atoms with van der Waals surface area (Å²) in [6, 6.07) is 14.5. The van der Waals surface area contributed by atoms with E-state index in [2.05, 4.69) is 46.5 Å². The van der Waals surface area contributed by atoms with E-state index in [0.717, 1.165) is 37.0 Å². The number of hydrogen-bond acceptors (Lipinski definition) is 3. The molecule has 3 rings (SSSR count). The number of aromatic amines is 1. The van der Waals surface area contributed by atoms with Crippen LogP contribution in [0.15, 0.2) is 48.5 Å². The average molecular weight is 382 g/mol. The summed E-state index contributed by atoms with van der Waals surface area (Å²) in [4.78, 5) is 17.5. The van der Waals surface area contributed by atoms with Crippen LogP contribution in [-0.2, 0) is 13.0 Å². The molecule has 0 aliphatic rings. The number of nitrogens with zero attached hydrogens (tertiary/aromatic N) is 1. The molecular weight excluding hydrogens is 355 g/mol. The van der Waals surface area contributed by atoms with E-state index in [1.165, 1.54) is 17.7 Å². The summed E-state index contributed by atoms with van der Waals surface area (Å²) < 4.78 is 13.3. The van der Waals surface area contributed by atoms with Crippen LogP contribution in [0.2, 0.25) is 0 Å². The molecule has 0 aliphatic carbocycles. The first-order valence-corrected chi connectivity index (χ1v) is 9.58. The lowest BCUT2D eigenvalue weighted by atomic mass is 10.1. The Morgan fingerprint density at radius 2 is 1.86 bits per heavy atom. The molecule has 3 aromatic rings. The highest BCUT2D eigenvalue weighted by Gasteiger charge is 2.10. The Morgan fingerprint density at radius 1 is 1.11 bits per heavy atom. The van der Waals surface area contributed by atoms with Crippen LogP contribution in [0.3, 0.4) is 0 Å². The van der Waals surface area contributed by atoms with E-state index in [1.54, 1.807) is 12.1 Å². The van der Waals surface area contributed by atoms with Crippen LogP contribution < -0.4 is 11.1 Å². The predicted molar refractivity (Wildman–Crippen MR) is 111 cm³/mol. The molecule has 0 saturated heterocycles. The maximum Gasteiger partial charge on any atom is 0.267 e. The van der Waals surface area contributed by atoms with Crippen LogP contribution in [0.25, 0.3) is 10.9 Å². The van der Waals surface area contributed by atoms with Crippen molar-refractivity contribution >= 4 is 16.8 Å². The van der Waals surface area contributed by atoms with Gasteiger partial charge in [0.25, 0.3) is 5.91 Å². The Bertz CT molecular complexity index is 920. The first kappa shape index (κ1) is 20.0. The Kier molecular flexibility index (Phi) is 6.79. The quantitative estimate of drug-likeness (QED) is 0.532. The zero-order valence-electron chi connectivity index (χ0n) is 16.2. The Balaban J connectivity index is 1.37. The smallest absolute Gasteiger partial charge is 0.267 e. The minimum atomic E-state index is -0.310. The number of likely N-dealkylation sites (N-methyl/N-ethyl adjacent to an activating group) is 1. The Hall–Kier alpha value is -2.70. The van der Waals surface area contributed by atoms with Gasteiger partial charge in [-0.1, -0.05) is 24.3 Å². The molecule has 1 aromatic heterocycles. The highest BCUT2D eigenvalue weighted by Crippen LogP contribution is 2.16.